The number of carbonyl (C=O) groups is 1. The molecule has 1 heterocycles. The van der Waals surface area contributed by atoms with Crippen LogP contribution in [0.25, 0.3) is 0 Å². The van der Waals surface area contributed by atoms with E-state index in [4.69, 9.17) is 0 Å². The van der Waals surface area contributed by atoms with Crippen molar-refractivity contribution in [3.8, 4) is 0 Å². The highest BCUT2D eigenvalue weighted by atomic mass is 35.5. The molecule has 1 aromatic rings. The summed E-state index contributed by atoms with van der Waals surface area (Å²) in [7, 11) is 0. The largest absolute Gasteiger partial charge is 0.349 e. The minimum absolute atomic E-state index is 0. The van der Waals surface area contributed by atoms with E-state index in [2.05, 4.69) is 48.7 Å². The van der Waals surface area contributed by atoms with E-state index in [1.54, 1.807) is 0 Å². The van der Waals surface area contributed by atoms with E-state index < -0.39 is 0 Å². The fourth-order valence-electron chi connectivity index (χ4n) is 3.25. The first-order valence-electron chi connectivity index (χ1n) is 8.32. The number of amides is 1. The zero-order valence-corrected chi connectivity index (χ0v) is 14.5. The lowest BCUT2D eigenvalue weighted by Gasteiger charge is -2.30. The molecule has 0 saturated carbocycles. The summed E-state index contributed by atoms with van der Waals surface area (Å²) in [5.41, 5.74) is 1.23. The Bertz CT molecular complexity index is 428. The van der Waals surface area contributed by atoms with Crippen LogP contribution in [0.15, 0.2) is 30.3 Å². The zero-order chi connectivity index (χ0) is 15.1. The normalized spacial score (nSPS) is 16.9. The Balaban J connectivity index is 0.00000242. The van der Waals surface area contributed by atoms with Crippen molar-refractivity contribution >= 4 is 18.3 Å². The van der Waals surface area contributed by atoms with Crippen molar-refractivity contribution < 1.29 is 4.79 Å². The SMILES string of the molecule is CCC(CC)C(NC(=O)C1CCNCC1)c1ccccc1.Cl. The second-order valence-corrected chi connectivity index (χ2v) is 6.00. The van der Waals surface area contributed by atoms with Crippen LogP contribution < -0.4 is 10.6 Å². The van der Waals surface area contributed by atoms with Crippen LogP contribution in [0.3, 0.4) is 0 Å². The maximum absolute atomic E-state index is 12.6. The fraction of sp³-hybridized carbons (Fsp3) is 0.611. The summed E-state index contributed by atoms with van der Waals surface area (Å²) >= 11 is 0. The third-order valence-corrected chi connectivity index (χ3v) is 4.69. The van der Waals surface area contributed by atoms with E-state index in [0.717, 1.165) is 38.8 Å². The van der Waals surface area contributed by atoms with Crippen LogP contribution in [0.1, 0.15) is 51.1 Å². The third-order valence-electron chi connectivity index (χ3n) is 4.69. The van der Waals surface area contributed by atoms with Gasteiger partial charge in [-0.25, -0.2) is 0 Å². The van der Waals surface area contributed by atoms with E-state index in [9.17, 15) is 4.79 Å². The number of hydrogen-bond acceptors (Lipinski definition) is 2. The highest BCUT2D eigenvalue weighted by Crippen LogP contribution is 2.28. The van der Waals surface area contributed by atoms with Gasteiger partial charge in [-0.3, -0.25) is 4.79 Å². The summed E-state index contributed by atoms with van der Waals surface area (Å²) in [5.74, 6) is 0.905. The number of nitrogens with one attached hydrogen (secondary N) is 2. The van der Waals surface area contributed by atoms with Gasteiger partial charge in [-0.2, -0.15) is 0 Å². The fourth-order valence-corrected chi connectivity index (χ4v) is 3.25. The van der Waals surface area contributed by atoms with Crippen molar-refractivity contribution in [1.82, 2.24) is 10.6 Å². The molecule has 0 spiro atoms. The maximum atomic E-state index is 12.6. The van der Waals surface area contributed by atoms with Gasteiger partial charge in [0.25, 0.3) is 0 Å². The molecule has 1 unspecified atom stereocenters. The molecule has 0 aromatic heterocycles. The number of benzene rings is 1. The zero-order valence-electron chi connectivity index (χ0n) is 13.7. The van der Waals surface area contributed by atoms with E-state index in [0.29, 0.717) is 5.92 Å². The highest BCUT2D eigenvalue weighted by molar-refractivity contribution is 5.85. The molecule has 0 radical (unpaired) electrons. The summed E-state index contributed by atoms with van der Waals surface area (Å²) in [6.07, 6.45) is 4.08. The van der Waals surface area contributed by atoms with Gasteiger partial charge in [-0.15, -0.1) is 12.4 Å². The molecule has 1 aliphatic rings. The van der Waals surface area contributed by atoms with Crippen molar-refractivity contribution in [3.05, 3.63) is 35.9 Å². The average molecular weight is 325 g/mol. The molecule has 3 nitrogen and oxygen atoms in total. The number of carbonyl (C=O) groups excluding carboxylic acids is 1. The van der Waals surface area contributed by atoms with Crippen molar-refractivity contribution in [3.63, 3.8) is 0 Å². The quantitative estimate of drug-likeness (QED) is 0.837. The molecule has 1 saturated heterocycles. The van der Waals surface area contributed by atoms with Gasteiger partial charge in [-0.05, 0) is 37.4 Å². The van der Waals surface area contributed by atoms with Crippen molar-refractivity contribution in [2.45, 2.75) is 45.6 Å². The molecule has 1 fully saturated rings. The van der Waals surface area contributed by atoms with Gasteiger partial charge in [-0.1, -0.05) is 57.0 Å². The third kappa shape index (κ3) is 4.99. The topological polar surface area (TPSA) is 41.1 Å². The number of hydrogen-bond donors (Lipinski definition) is 2. The van der Waals surface area contributed by atoms with E-state index in [-0.39, 0.29) is 30.3 Å². The molecule has 2 rings (SSSR count). The van der Waals surface area contributed by atoms with Gasteiger partial charge >= 0.3 is 0 Å². The molecule has 4 heteroatoms. The molecule has 124 valence electrons. The first kappa shape index (κ1) is 19.0. The minimum atomic E-state index is 0. The molecule has 1 amide bonds. The first-order chi connectivity index (χ1) is 10.3. The van der Waals surface area contributed by atoms with Crippen molar-refractivity contribution in [1.29, 1.82) is 0 Å². The lowest BCUT2D eigenvalue weighted by Crippen LogP contribution is -2.41. The molecule has 0 aliphatic carbocycles. The van der Waals surface area contributed by atoms with Gasteiger partial charge in [0.05, 0.1) is 6.04 Å². The summed E-state index contributed by atoms with van der Waals surface area (Å²) in [5, 5.41) is 6.66. The number of halogens is 1. The second-order valence-electron chi connectivity index (χ2n) is 6.00. The van der Waals surface area contributed by atoms with Gasteiger partial charge < -0.3 is 10.6 Å². The molecule has 1 aromatic carbocycles. The lowest BCUT2D eigenvalue weighted by molar-refractivity contribution is -0.127. The highest BCUT2D eigenvalue weighted by Gasteiger charge is 2.27. The second kappa shape index (κ2) is 9.86. The molecular weight excluding hydrogens is 296 g/mol. The maximum Gasteiger partial charge on any atom is 0.223 e. The predicted molar refractivity (Wildman–Crippen MR) is 94.2 cm³/mol. The first-order valence-corrected chi connectivity index (χ1v) is 8.32. The van der Waals surface area contributed by atoms with Gasteiger partial charge in [0, 0.05) is 5.92 Å². The standard InChI is InChI=1S/C18H28N2O.ClH/c1-3-14(4-2)17(15-8-6-5-7-9-15)20-18(21)16-10-12-19-13-11-16;/h5-9,14,16-17,19H,3-4,10-13H2,1-2H3,(H,20,21);1H. The summed E-state index contributed by atoms with van der Waals surface area (Å²) in [4.78, 5) is 12.6. The van der Waals surface area contributed by atoms with Crippen LogP contribution in [-0.2, 0) is 4.79 Å². The Morgan fingerprint density at radius 2 is 1.77 bits per heavy atom. The summed E-state index contributed by atoms with van der Waals surface area (Å²) < 4.78 is 0. The van der Waals surface area contributed by atoms with Crippen LogP contribution in [-0.4, -0.2) is 19.0 Å². The molecule has 0 bridgehead atoms. The molecule has 1 aliphatic heterocycles. The molecule has 1 atom stereocenters. The Labute approximate surface area is 140 Å². The average Bonchev–Trinajstić information content (AvgIpc) is 2.56. The van der Waals surface area contributed by atoms with E-state index >= 15 is 0 Å². The number of rotatable bonds is 6. The Morgan fingerprint density at radius 3 is 2.32 bits per heavy atom. The minimum Gasteiger partial charge on any atom is -0.349 e. The van der Waals surface area contributed by atoms with Gasteiger partial charge in [0.15, 0.2) is 0 Å². The van der Waals surface area contributed by atoms with Crippen LogP contribution in [0.4, 0.5) is 0 Å². The summed E-state index contributed by atoms with van der Waals surface area (Å²) in [6, 6.07) is 10.5. The van der Waals surface area contributed by atoms with E-state index in [1.807, 2.05) is 6.07 Å². The summed E-state index contributed by atoms with van der Waals surface area (Å²) in [6.45, 7) is 6.33. The predicted octanol–water partition coefficient (Wildman–Crippen LogP) is 3.70. The van der Waals surface area contributed by atoms with Crippen LogP contribution in [0.5, 0.6) is 0 Å². The van der Waals surface area contributed by atoms with Gasteiger partial charge in [0.2, 0.25) is 5.91 Å². The molecule has 2 N–H and O–H groups in total. The Hall–Kier alpha value is -1.06. The monoisotopic (exact) mass is 324 g/mol. The van der Waals surface area contributed by atoms with Crippen LogP contribution >= 0.6 is 12.4 Å². The van der Waals surface area contributed by atoms with Gasteiger partial charge in [0.1, 0.15) is 0 Å². The van der Waals surface area contributed by atoms with Crippen LogP contribution in [0.2, 0.25) is 0 Å². The van der Waals surface area contributed by atoms with Crippen LogP contribution in [0, 0.1) is 11.8 Å². The van der Waals surface area contributed by atoms with Crippen molar-refractivity contribution in [2.75, 3.05) is 13.1 Å². The Kier molecular flexibility index (Phi) is 8.51. The molecular formula is C18H29ClN2O. The lowest BCUT2D eigenvalue weighted by atomic mass is 9.87. The molecule has 22 heavy (non-hydrogen) atoms. The van der Waals surface area contributed by atoms with Crippen molar-refractivity contribution in [2.24, 2.45) is 11.8 Å². The smallest absolute Gasteiger partial charge is 0.223 e. The Morgan fingerprint density at radius 1 is 1.18 bits per heavy atom. The van der Waals surface area contributed by atoms with E-state index in [1.165, 1.54) is 5.56 Å². The number of piperidine rings is 1.